The molecule has 1 aliphatic rings. The third kappa shape index (κ3) is 6.87. The van der Waals surface area contributed by atoms with E-state index in [2.05, 4.69) is 10.1 Å². The summed E-state index contributed by atoms with van der Waals surface area (Å²) in [5.41, 5.74) is 0.0531. The van der Waals surface area contributed by atoms with E-state index in [-0.39, 0.29) is 31.9 Å². The van der Waals surface area contributed by atoms with Crippen LogP contribution >= 0.6 is 0 Å². The number of amides is 3. The molecular formula is C15H15F6N3O3. The van der Waals surface area contributed by atoms with Crippen LogP contribution < -0.4 is 10.1 Å². The average molecular weight is 399 g/mol. The molecule has 0 radical (unpaired) electrons. The van der Waals surface area contributed by atoms with Crippen molar-refractivity contribution >= 4 is 17.6 Å². The fourth-order valence-electron chi connectivity index (χ4n) is 2.42. The van der Waals surface area contributed by atoms with E-state index in [4.69, 9.17) is 0 Å². The Balaban J connectivity index is 1.88. The van der Waals surface area contributed by atoms with Gasteiger partial charge in [0.15, 0.2) is 0 Å². The van der Waals surface area contributed by atoms with Crippen molar-refractivity contribution in [2.45, 2.75) is 19.0 Å². The lowest BCUT2D eigenvalue weighted by Crippen LogP contribution is -2.52. The Morgan fingerprint density at radius 3 is 2.15 bits per heavy atom. The maximum absolute atomic E-state index is 12.2. The van der Waals surface area contributed by atoms with Crippen molar-refractivity contribution in [2.24, 2.45) is 0 Å². The van der Waals surface area contributed by atoms with E-state index >= 15 is 0 Å². The molecule has 3 amide bonds. The number of nitrogens with zero attached hydrogens (tertiary/aromatic N) is 2. The van der Waals surface area contributed by atoms with Crippen LogP contribution in [-0.2, 0) is 4.79 Å². The van der Waals surface area contributed by atoms with E-state index in [9.17, 15) is 35.9 Å². The Morgan fingerprint density at radius 2 is 1.59 bits per heavy atom. The van der Waals surface area contributed by atoms with Crippen LogP contribution in [0.5, 0.6) is 5.75 Å². The number of ether oxygens (including phenoxy) is 1. The monoisotopic (exact) mass is 399 g/mol. The van der Waals surface area contributed by atoms with Crippen LogP contribution in [-0.4, -0.2) is 60.5 Å². The quantitative estimate of drug-likeness (QED) is 0.795. The van der Waals surface area contributed by atoms with Gasteiger partial charge in [-0.3, -0.25) is 4.79 Å². The normalized spacial score (nSPS) is 15.5. The van der Waals surface area contributed by atoms with Gasteiger partial charge in [-0.15, -0.1) is 13.2 Å². The van der Waals surface area contributed by atoms with Crippen LogP contribution in [0.25, 0.3) is 0 Å². The highest BCUT2D eigenvalue weighted by molar-refractivity contribution is 5.89. The molecule has 1 heterocycles. The zero-order chi connectivity index (χ0) is 20.2. The summed E-state index contributed by atoms with van der Waals surface area (Å²) in [6.45, 7) is -0.151. The number of alkyl halides is 6. The average Bonchev–Trinajstić information content (AvgIpc) is 2.52. The van der Waals surface area contributed by atoms with Gasteiger partial charge in [-0.05, 0) is 12.1 Å². The van der Waals surface area contributed by atoms with Crippen molar-refractivity contribution in [3.8, 4) is 5.75 Å². The number of carbonyl (C=O) groups is 2. The molecule has 0 spiro atoms. The first kappa shape index (κ1) is 20.6. The van der Waals surface area contributed by atoms with Crippen molar-refractivity contribution in [3.63, 3.8) is 0 Å². The standard InChI is InChI=1S/C15H15F6N3O3/c16-14(17,18)9-12(25)23-4-6-24(7-5-23)13(26)22-10-2-1-3-11(8-10)27-15(19,20)21/h1-3,8H,4-7,9H2,(H,22,26). The Morgan fingerprint density at radius 1 is 1.00 bits per heavy atom. The van der Waals surface area contributed by atoms with Gasteiger partial charge in [0.05, 0.1) is 0 Å². The zero-order valence-corrected chi connectivity index (χ0v) is 13.7. The Labute approximate surface area is 149 Å². The minimum absolute atomic E-state index is 0.00578. The third-order valence-corrected chi connectivity index (χ3v) is 3.59. The molecule has 1 N–H and O–H groups in total. The van der Waals surface area contributed by atoms with E-state index in [0.717, 1.165) is 17.0 Å². The number of anilines is 1. The maximum Gasteiger partial charge on any atom is 0.573 e. The highest BCUT2D eigenvalue weighted by Crippen LogP contribution is 2.25. The van der Waals surface area contributed by atoms with Gasteiger partial charge in [-0.25, -0.2) is 4.79 Å². The summed E-state index contributed by atoms with van der Waals surface area (Å²) in [7, 11) is 0. The molecule has 12 heteroatoms. The molecule has 0 aromatic heterocycles. The van der Waals surface area contributed by atoms with E-state index in [0.29, 0.717) is 0 Å². The lowest BCUT2D eigenvalue weighted by molar-refractivity contribution is -0.274. The summed E-state index contributed by atoms with van der Waals surface area (Å²) in [5, 5.41) is 2.38. The molecule has 0 aliphatic carbocycles. The number of hydrogen-bond acceptors (Lipinski definition) is 3. The molecule has 1 aliphatic heterocycles. The van der Waals surface area contributed by atoms with Crippen LogP contribution in [0.1, 0.15) is 6.42 Å². The van der Waals surface area contributed by atoms with Gasteiger partial charge in [0, 0.05) is 37.9 Å². The van der Waals surface area contributed by atoms with Crippen LogP contribution in [0, 0.1) is 0 Å². The smallest absolute Gasteiger partial charge is 0.406 e. The summed E-state index contributed by atoms with van der Waals surface area (Å²) < 4.78 is 77.1. The molecule has 27 heavy (non-hydrogen) atoms. The lowest BCUT2D eigenvalue weighted by atomic mass is 10.2. The lowest BCUT2D eigenvalue weighted by Gasteiger charge is -2.34. The van der Waals surface area contributed by atoms with Gasteiger partial charge in [0.25, 0.3) is 0 Å². The Bertz CT molecular complexity index is 684. The zero-order valence-electron chi connectivity index (χ0n) is 13.7. The predicted octanol–water partition coefficient (Wildman–Crippen LogP) is 3.21. The van der Waals surface area contributed by atoms with Gasteiger partial charge >= 0.3 is 18.6 Å². The van der Waals surface area contributed by atoms with E-state index in [1.807, 2.05) is 0 Å². The fourth-order valence-corrected chi connectivity index (χ4v) is 2.42. The minimum Gasteiger partial charge on any atom is -0.406 e. The molecule has 2 rings (SSSR count). The molecule has 1 aromatic rings. The van der Waals surface area contributed by atoms with Crippen molar-refractivity contribution < 1.29 is 40.7 Å². The summed E-state index contributed by atoms with van der Waals surface area (Å²) >= 11 is 0. The molecule has 0 saturated carbocycles. The van der Waals surface area contributed by atoms with Crippen molar-refractivity contribution in [3.05, 3.63) is 24.3 Å². The molecule has 150 valence electrons. The number of hydrogen-bond donors (Lipinski definition) is 1. The molecule has 1 saturated heterocycles. The number of carbonyl (C=O) groups excluding carboxylic acids is 2. The molecular weight excluding hydrogens is 384 g/mol. The van der Waals surface area contributed by atoms with E-state index < -0.39 is 36.6 Å². The van der Waals surface area contributed by atoms with Gasteiger partial charge < -0.3 is 19.9 Å². The number of urea groups is 1. The number of benzene rings is 1. The topological polar surface area (TPSA) is 61.9 Å². The second-order valence-corrected chi connectivity index (χ2v) is 5.67. The number of nitrogens with one attached hydrogen (secondary N) is 1. The van der Waals surface area contributed by atoms with E-state index in [1.165, 1.54) is 17.0 Å². The molecule has 0 unspecified atom stereocenters. The highest BCUT2D eigenvalue weighted by atomic mass is 19.4. The summed E-state index contributed by atoms with van der Waals surface area (Å²) in [6.07, 6.45) is -11.0. The third-order valence-electron chi connectivity index (χ3n) is 3.59. The first-order chi connectivity index (χ1) is 12.4. The van der Waals surface area contributed by atoms with Crippen molar-refractivity contribution in [1.29, 1.82) is 0 Å². The SMILES string of the molecule is O=C(CC(F)(F)F)N1CCN(C(=O)Nc2cccc(OC(F)(F)F)c2)CC1. The van der Waals surface area contributed by atoms with Gasteiger partial charge in [0.1, 0.15) is 12.2 Å². The summed E-state index contributed by atoms with van der Waals surface area (Å²) in [5.74, 6) is -1.58. The predicted molar refractivity (Wildman–Crippen MR) is 81.0 cm³/mol. The Kier molecular flexibility index (Phi) is 6.06. The largest absolute Gasteiger partial charge is 0.573 e. The van der Waals surface area contributed by atoms with Crippen molar-refractivity contribution in [1.82, 2.24) is 9.80 Å². The van der Waals surface area contributed by atoms with Gasteiger partial charge in [0.2, 0.25) is 5.91 Å². The molecule has 1 fully saturated rings. The second-order valence-electron chi connectivity index (χ2n) is 5.67. The highest BCUT2D eigenvalue weighted by Gasteiger charge is 2.35. The van der Waals surface area contributed by atoms with Crippen molar-refractivity contribution in [2.75, 3.05) is 31.5 Å². The molecule has 0 atom stereocenters. The molecule has 1 aromatic carbocycles. The summed E-state index contributed by atoms with van der Waals surface area (Å²) in [4.78, 5) is 25.9. The number of piperazine rings is 1. The van der Waals surface area contributed by atoms with Crippen LogP contribution in [0.3, 0.4) is 0 Å². The van der Waals surface area contributed by atoms with Crippen LogP contribution in [0.2, 0.25) is 0 Å². The maximum atomic E-state index is 12.2. The second kappa shape index (κ2) is 7.92. The Hall–Kier alpha value is -2.66. The minimum atomic E-state index is -4.87. The molecule has 6 nitrogen and oxygen atoms in total. The number of rotatable bonds is 3. The van der Waals surface area contributed by atoms with Gasteiger partial charge in [-0.1, -0.05) is 6.07 Å². The van der Waals surface area contributed by atoms with Crippen LogP contribution in [0.4, 0.5) is 36.8 Å². The summed E-state index contributed by atoms with van der Waals surface area (Å²) in [6, 6.07) is 4.00. The molecule has 0 bridgehead atoms. The first-order valence-corrected chi connectivity index (χ1v) is 7.69. The first-order valence-electron chi connectivity index (χ1n) is 7.69. The van der Waals surface area contributed by atoms with E-state index in [1.54, 1.807) is 0 Å². The van der Waals surface area contributed by atoms with Crippen LogP contribution in [0.15, 0.2) is 24.3 Å². The number of halogens is 6. The fraction of sp³-hybridized carbons (Fsp3) is 0.467. The van der Waals surface area contributed by atoms with Gasteiger partial charge in [-0.2, -0.15) is 13.2 Å².